The lowest BCUT2D eigenvalue weighted by molar-refractivity contribution is -0.117. The molecule has 0 aliphatic heterocycles. The molecule has 9 aromatic rings. The Bertz CT molecular complexity index is 4080. The van der Waals surface area contributed by atoms with Crippen molar-refractivity contribution in [2.75, 3.05) is 6.54 Å². The first-order chi connectivity index (χ1) is 42.1. The van der Waals surface area contributed by atoms with E-state index in [2.05, 4.69) is 104 Å². The van der Waals surface area contributed by atoms with E-state index in [0.29, 0.717) is 104 Å². The molecule has 3 aliphatic carbocycles. The minimum atomic E-state index is -0.0232. The van der Waals surface area contributed by atoms with Gasteiger partial charge in [-0.25, -0.2) is 0 Å². The van der Waals surface area contributed by atoms with Gasteiger partial charge in [-0.3, -0.25) is 0 Å². The number of carbonyl (C=O) groups is 1. The van der Waals surface area contributed by atoms with E-state index in [4.69, 9.17) is 27.8 Å². The van der Waals surface area contributed by atoms with Crippen LogP contribution in [-0.4, -0.2) is 61.1 Å². The summed E-state index contributed by atoms with van der Waals surface area (Å²) in [7, 11) is 0. The quantitative estimate of drug-likeness (QED) is 0.0890. The molecule has 0 amide bonds. The summed E-state index contributed by atoms with van der Waals surface area (Å²) in [5, 5.41) is 44.6. The van der Waals surface area contributed by atoms with E-state index in [0.717, 1.165) is 68.2 Å². The first-order valence-corrected chi connectivity index (χ1v) is 29.9. The second-order valence-corrected chi connectivity index (χ2v) is 23.0. The Morgan fingerprint density at radius 3 is 1.35 bits per heavy atom. The molecular formula is C71H74N10O7. The first-order valence-electron chi connectivity index (χ1n) is 29.9. The van der Waals surface area contributed by atoms with Gasteiger partial charge in [0.15, 0.2) is 0 Å². The predicted molar refractivity (Wildman–Crippen MR) is 336 cm³/mol. The topological polar surface area (TPSA) is 245 Å². The Labute approximate surface area is 514 Å². The highest BCUT2D eigenvalue weighted by molar-refractivity contribution is 5.77. The zero-order chi connectivity index (χ0) is 61.3. The molecule has 17 heteroatoms. The van der Waals surface area contributed by atoms with Crippen LogP contribution < -0.4 is 19.5 Å². The summed E-state index contributed by atoms with van der Waals surface area (Å²) >= 11 is 0. The van der Waals surface area contributed by atoms with Crippen LogP contribution in [0.5, 0.6) is 17.2 Å². The minimum absolute atomic E-state index is 0. The minimum Gasteiger partial charge on any atom is -0.490 e. The third kappa shape index (κ3) is 14.1. The summed E-state index contributed by atoms with van der Waals surface area (Å²) in [5.74, 6) is 5.54. The maximum absolute atomic E-state index is 11.6. The number of Topliss-reactive ketones (excluding diaryl/α,β-unsaturated/α-hetero) is 1. The van der Waals surface area contributed by atoms with Crippen LogP contribution in [0.2, 0.25) is 0 Å². The molecule has 0 spiro atoms. The number of aromatic nitrogens is 6. The lowest BCUT2D eigenvalue weighted by Crippen LogP contribution is -2.19. The summed E-state index contributed by atoms with van der Waals surface area (Å²) < 4.78 is 33.6. The fourth-order valence-electron chi connectivity index (χ4n) is 11.6. The molecule has 0 saturated heterocycles. The number of fused-ring (bicyclic) bond motifs is 3. The number of ketones is 1. The molecule has 3 atom stereocenters. The number of carbonyl (C=O) groups excluding carboxylic acids is 1. The third-order valence-electron chi connectivity index (χ3n) is 15.5. The number of benzene rings is 6. The van der Waals surface area contributed by atoms with E-state index < -0.39 is 0 Å². The number of hydrogen-bond donors (Lipinski definition) is 1. The van der Waals surface area contributed by atoms with Crippen molar-refractivity contribution >= 4 is 5.78 Å². The largest absolute Gasteiger partial charge is 0.490 e. The van der Waals surface area contributed by atoms with Gasteiger partial charge in [-0.15, -0.1) is 0 Å². The molecule has 1 N–H and O–H groups in total. The van der Waals surface area contributed by atoms with E-state index in [9.17, 15) is 20.6 Å². The Morgan fingerprint density at radius 1 is 0.557 bits per heavy atom. The molecule has 0 saturated carbocycles. The molecule has 17 nitrogen and oxygen atoms in total. The fraction of sp³-hybridized carbons (Fsp3) is 0.352. The molecule has 3 aliphatic rings. The summed E-state index contributed by atoms with van der Waals surface area (Å²) in [4.78, 5) is 25.4. The molecule has 3 heterocycles. The van der Waals surface area contributed by atoms with Crippen molar-refractivity contribution in [1.82, 2.24) is 35.7 Å². The van der Waals surface area contributed by atoms with Gasteiger partial charge in [0.05, 0.1) is 35.0 Å². The molecule has 0 fully saturated rings. The lowest BCUT2D eigenvalue weighted by atomic mass is 9.94. The van der Waals surface area contributed by atoms with Crippen LogP contribution in [0, 0.1) is 34.0 Å². The van der Waals surface area contributed by atoms with Crippen LogP contribution in [0.3, 0.4) is 0 Å². The van der Waals surface area contributed by atoms with Crippen LogP contribution in [0.25, 0.3) is 68.5 Å². The average molecular weight is 1180 g/mol. The van der Waals surface area contributed by atoms with Crippen LogP contribution in [0.15, 0.2) is 123 Å². The van der Waals surface area contributed by atoms with Gasteiger partial charge >= 0.3 is 0 Å². The predicted octanol–water partition coefficient (Wildman–Crippen LogP) is 15.9. The second-order valence-electron chi connectivity index (χ2n) is 23.0. The Balaban J connectivity index is 0.000000156. The maximum Gasteiger partial charge on any atom is 0.258 e. The second kappa shape index (κ2) is 28.2. The molecule has 0 unspecified atom stereocenters. The van der Waals surface area contributed by atoms with Crippen molar-refractivity contribution in [2.45, 2.75) is 157 Å². The van der Waals surface area contributed by atoms with Crippen molar-refractivity contribution in [3.8, 4) is 104 Å². The van der Waals surface area contributed by atoms with Gasteiger partial charge < -0.3 is 37.9 Å². The van der Waals surface area contributed by atoms with Gasteiger partial charge in [-0.2, -0.15) is 30.7 Å². The highest BCUT2D eigenvalue weighted by Gasteiger charge is 2.30. The average Bonchev–Trinajstić information content (AvgIpc) is 2.99. The van der Waals surface area contributed by atoms with Gasteiger partial charge in [-0.05, 0) is 200 Å². The fourth-order valence-corrected chi connectivity index (χ4v) is 11.6. The third-order valence-corrected chi connectivity index (χ3v) is 15.5. The number of ether oxygens (including phenoxy) is 3. The molecule has 0 bridgehead atoms. The smallest absolute Gasteiger partial charge is 0.258 e. The van der Waals surface area contributed by atoms with Crippen molar-refractivity contribution in [1.29, 1.82) is 15.8 Å². The zero-order valence-corrected chi connectivity index (χ0v) is 50.6. The summed E-state index contributed by atoms with van der Waals surface area (Å²) in [5.41, 5.74) is 14.1. The summed E-state index contributed by atoms with van der Waals surface area (Å²) in [6.45, 7) is 18.6. The van der Waals surface area contributed by atoms with Gasteiger partial charge in [-0.1, -0.05) is 91.3 Å². The van der Waals surface area contributed by atoms with E-state index in [1.807, 2.05) is 77.9 Å². The van der Waals surface area contributed by atoms with E-state index in [1.165, 1.54) is 33.4 Å². The molecular weight excluding hydrogens is 1100 g/mol. The molecule has 3 aromatic heterocycles. The molecule has 88 heavy (non-hydrogen) atoms. The van der Waals surface area contributed by atoms with Crippen LogP contribution in [0.1, 0.15) is 170 Å². The van der Waals surface area contributed by atoms with Crippen LogP contribution >= 0.6 is 0 Å². The standard InChI is InChI=1S/C24H26N4O2.C24H23N3O3.C22H21N3O2.CH4/c1-4-12-26-21-10-9-18-19(21)6-5-7-20(18)23-27-24(30-28-23)16-8-11-22(29-15(2)3)17(13-16)14-25;1-14(2)29-22-10-8-17(12-18(22)13-25)24-26-23(27-30-24)21-6-4-5-19-16(11-15(3)28)7-9-20(19)21;1-13(2)26-20-10-8-15(11-16(20)12-23)22-24-21(25-27-22)19-6-4-5-17-14(3)7-9-18(17)19;/h5-8,11,13,15,21,26H,4,9-10,12H2,1-3H3;4-6,8,10,12,14,16H,7,9,11H2,1-3H3;4-6,8,10-11,13-14H,7,9H2,1-3H3;1H4/t21-;16-;14-;/m010./s1. The lowest BCUT2D eigenvalue weighted by Gasteiger charge is -2.13. The van der Waals surface area contributed by atoms with E-state index in [-0.39, 0.29) is 37.4 Å². The van der Waals surface area contributed by atoms with Gasteiger partial charge in [0.2, 0.25) is 17.5 Å². The molecule has 6 aromatic carbocycles. The Hall–Kier alpha value is -9.76. The Morgan fingerprint density at radius 2 is 0.943 bits per heavy atom. The highest BCUT2D eigenvalue weighted by Crippen LogP contribution is 2.42. The number of nitriles is 3. The van der Waals surface area contributed by atoms with Crippen molar-refractivity contribution in [2.24, 2.45) is 0 Å². The van der Waals surface area contributed by atoms with Crippen molar-refractivity contribution in [3.05, 3.63) is 159 Å². The van der Waals surface area contributed by atoms with Gasteiger partial charge in [0.25, 0.3) is 17.7 Å². The SMILES string of the molecule is C.CC(=O)C[C@H]1CCc2c(-c3noc(-c4ccc(OC(C)C)c(C#N)c4)n3)cccc21.CC(C)Oc1ccc(-c2nc(-c3cccc4c3CC[C@@H]4C)no2)cc1C#N.CCCN[C@H]1CCc2c(-c3noc(-c4ccc(OC(C)C)c(C#N)c4)n3)cccc21. The highest BCUT2D eigenvalue weighted by atomic mass is 16.5. The molecule has 0 radical (unpaired) electrons. The normalized spacial score (nSPS) is 15.1. The Kier molecular flexibility index (Phi) is 20.1. The zero-order valence-electron chi connectivity index (χ0n) is 50.6. The van der Waals surface area contributed by atoms with Crippen LogP contribution in [0.4, 0.5) is 0 Å². The van der Waals surface area contributed by atoms with E-state index >= 15 is 0 Å². The molecule has 450 valence electrons. The summed E-state index contributed by atoms with van der Waals surface area (Å²) in [6.07, 6.45) is 7.78. The number of nitrogens with zero attached hydrogens (tertiary/aromatic N) is 9. The molecule has 12 rings (SSSR count). The van der Waals surface area contributed by atoms with Crippen molar-refractivity contribution in [3.63, 3.8) is 0 Å². The monoisotopic (exact) mass is 1180 g/mol. The van der Waals surface area contributed by atoms with Crippen LogP contribution in [-0.2, 0) is 24.1 Å². The first kappa shape index (κ1) is 62.8. The van der Waals surface area contributed by atoms with Crippen molar-refractivity contribution < 1.29 is 32.6 Å². The number of hydrogen-bond acceptors (Lipinski definition) is 17. The number of nitrogens with one attached hydrogen (secondary N) is 1. The van der Waals surface area contributed by atoms with Gasteiger partial charge in [0, 0.05) is 45.8 Å². The number of rotatable bonds is 17. The maximum atomic E-state index is 11.6. The van der Waals surface area contributed by atoms with Gasteiger partial charge in [0.1, 0.15) is 41.2 Å². The van der Waals surface area contributed by atoms with E-state index in [1.54, 1.807) is 43.3 Å². The summed E-state index contributed by atoms with van der Waals surface area (Å²) in [6, 6.07) is 41.5.